The van der Waals surface area contributed by atoms with E-state index in [1.807, 2.05) is 0 Å². The first-order valence-electron chi connectivity index (χ1n) is 10.7. The van der Waals surface area contributed by atoms with Gasteiger partial charge in [0.2, 0.25) is 0 Å². The van der Waals surface area contributed by atoms with E-state index < -0.39 is 11.7 Å². The van der Waals surface area contributed by atoms with Crippen LogP contribution in [0.2, 0.25) is 0 Å². The number of nitrogens with one attached hydrogen (secondary N) is 1. The molecule has 3 nitrogen and oxygen atoms in total. The average molecular weight is 404 g/mol. The van der Waals surface area contributed by atoms with Gasteiger partial charge in [-0.1, -0.05) is 24.3 Å². The molecule has 2 fully saturated rings. The lowest BCUT2D eigenvalue weighted by atomic mass is 9.73. The number of alkyl halides is 3. The van der Waals surface area contributed by atoms with Gasteiger partial charge in [-0.3, -0.25) is 0 Å². The molecule has 0 radical (unpaired) electrons. The smallest absolute Gasteiger partial charge is 0.381 e. The maximum atomic E-state index is 13.4. The molecule has 29 heavy (non-hydrogen) atoms. The van der Waals surface area contributed by atoms with E-state index >= 15 is 0 Å². The Kier molecular flexibility index (Phi) is 4.95. The highest BCUT2D eigenvalue weighted by Crippen LogP contribution is 2.49. The van der Waals surface area contributed by atoms with Crippen LogP contribution >= 0.6 is 0 Å². The van der Waals surface area contributed by atoms with Gasteiger partial charge >= 0.3 is 6.18 Å². The summed E-state index contributed by atoms with van der Waals surface area (Å²) >= 11 is 0. The number of rotatable bonds is 3. The zero-order chi connectivity index (χ0) is 20.0. The Balaban J connectivity index is 1.46. The van der Waals surface area contributed by atoms with Gasteiger partial charge in [-0.2, -0.15) is 13.2 Å². The highest BCUT2D eigenvalue weighted by atomic mass is 19.4. The van der Waals surface area contributed by atoms with Crippen molar-refractivity contribution in [1.82, 2.24) is 4.90 Å². The van der Waals surface area contributed by atoms with Crippen LogP contribution < -0.4 is 5.32 Å². The molecular formula is C23H27F3N2O. The third-order valence-corrected chi connectivity index (χ3v) is 6.90. The van der Waals surface area contributed by atoms with Crippen LogP contribution in [0.25, 0.3) is 0 Å². The Morgan fingerprint density at radius 3 is 2.69 bits per heavy atom. The van der Waals surface area contributed by atoms with E-state index in [1.165, 1.54) is 18.6 Å². The fraction of sp³-hybridized carbons (Fsp3) is 0.565. The molecule has 3 aliphatic heterocycles. The van der Waals surface area contributed by atoms with E-state index in [0.29, 0.717) is 11.5 Å². The third-order valence-electron chi connectivity index (χ3n) is 6.90. The standard InChI is InChI=1S/C23H27F3N2O/c24-23(25,26)16-7-10-20-19(13-16)22-18(21(27-20)15-5-2-1-3-6-15)9-8-17(29-22)14-28-11-4-12-28/h1-3,5,7,10,13,15,17-18,21-22,27H,4,6,8-9,11-12,14H2/t15?,17-,18+,21+,22+/m1/s1. The van der Waals surface area contributed by atoms with E-state index in [0.717, 1.165) is 44.6 Å². The molecule has 0 spiro atoms. The maximum Gasteiger partial charge on any atom is 0.416 e. The van der Waals surface area contributed by atoms with Gasteiger partial charge in [0, 0.05) is 35.7 Å². The molecule has 5 atom stereocenters. The summed E-state index contributed by atoms with van der Waals surface area (Å²) in [5, 5.41) is 3.58. The molecule has 0 bridgehead atoms. The minimum atomic E-state index is -4.34. The number of nitrogens with zero attached hydrogens (tertiary/aromatic N) is 1. The zero-order valence-corrected chi connectivity index (χ0v) is 16.4. The summed E-state index contributed by atoms with van der Waals surface area (Å²) in [4.78, 5) is 2.38. The fourth-order valence-corrected chi connectivity index (χ4v) is 5.25. The van der Waals surface area contributed by atoms with Crippen LogP contribution in [0.3, 0.4) is 0 Å². The second kappa shape index (κ2) is 7.47. The van der Waals surface area contributed by atoms with Crippen molar-refractivity contribution in [3.05, 3.63) is 53.6 Å². The van der Waals surface area contributed by atoms with Crippen molar-refractivity contribution in [2.75, 3.05) is 25.0 Å². The molecule has 1 unspecified atom stereocenters. The maximum absolute atomic E-state index is 13.4. The van der Waals surface area contributed by atoms with Gasteiger partial charge in [0.15, 0.2) is 0 Å². The van der Waals surface area contributed by atoms with Gasteiger partial charge in [-0.05, 0) is 57.0 Å². The summed E-state index contributed by atoms with van der Waals surface area (Å²) in [6, 6.07) is 4.25. The van der Waals surface area contributed by atoms with Crippen LogP contribution in [0.15, 0.2) is 42.5 Å². The number of allylic oxidation sites excluding steroid dienone is 3. The lowest BCUT2D eigenvalue weighted by Gasteiger charge is -2.48. The molecule has 6 heteroatoms. The van der Waals surface area contributed by atoms with Crippen molar-refractivity contribution in [3.63, 3.8) is 0 Å². The number of ether oxygens (including phenoxy) is 1. The second-order valence-corrected chi connectivity index (χ2v) is 8.76. The minimum Gasteiger partial charge on any atom is -0.381 e. The van der Waals surface area contributed by atoms with E-state index in [2.05, 4.69) is 34.5 Å². The van der Waals surface area contributed by atoms with Crippen LogP contribution in [0.1, 0.15) is 42.9 Å². The number of hydrogen-bond acceptors (Lipinski definition) is 3. The highest BCUT2D eigenvalue weighted by molar-refractivity contribution is 5.58. The van der Waals surface area contributed by atoms with Crippen LogP contribution in [-0.4, -0.2) is 36.7 Å². The van der Waals surface area contributed by atoms with Crippen molar-refractivity contribution >= 4 is 5.69 Å². The van der Waals surface area contributed by atoms with Crippen molar-refractivity contribution < 1.29 is 17.9 Å². The number of benzene rings is 1. The molecule has 1 aliphatic carbocycles. The first kappa shape index (κ1) is 19.2. The Morgan fingerprint density at radius 1 is 1.14 bits per heavy atom. The number of hydrogen-bond donors (Lipinski definition) is 1. The van der Waals surface area contributed by atoms with Crippen LogP contribution in [-0.2, 0) is 10.9 Å². The van der Waals surface area contributed by atoms with Gasteiger partial charge in [0.05, 0.1) is 17.8 Å². The highest BCUT2D eigenvalue weighted by Gasteiger charge is 2.45. The first-order chi connectivity index (χ1) is 14.0. The Labute approximate surface area is 169 Å². The summed E-state index contributed by atoms with van der Waals surface area (Å²) < 4.78 is 46.6. The van der Waals surface area contributed by atoms with E-state index in [-0.39, 0.29) is 24.2 Å². The largest absolute Gasteiger partial charge is 0.416 e. The van der Waals surface area contributed by atoms with Crippen LogP contribution in [0, 0.1) is 11.8 Å². The van der Waals surface area contributed by atoms with E-state index in [4.69, 9.17) is 4.74 Å². The molecule has 4 aliphatic rings. The summed E-state index contributed by atoms with van der Waals surface area (Å²) in [5.41, 5.74) is 0.866. The van der Waals surface area contributed by atoms with Gasteiger partial charge in [0.25, 0.3) is 0 Å². The normalized spacial score (nSPS) is 34.1. The molecule has 0 saturated carbocycles. The van der Waals surface area contributed by atoms with Crippen molar-refractivity contribution in [2.45, 2.75) is 50.1 Å². The topological polar surface area (TPSA) is 24.5 Å². The molecule has 1 N–H and O–H groups in total. The lowest BCUT2D eigenvalue weighted by molar-refractivity contribution is -0.138. The predicted molar refractivity (Wildman–Crippen MR) is 107 cm³/mol. The molecule has 1 aromatic rings. The first-order valence-corrected chi connectivity index (χ1v) is 10.7. The monoisotopic (exact) mass is 404 g/mol. The Bertz CT molecular complexity index is 815. The number of anilines is 1. The zero-order valence-electron chi connectivity index (χ0n) is 16.4. The molecule has 2 saturated heterocycles. The Hall–Kier alpha value is -1.79. The van der Waals surface area contributed by atoms with Gasteiger partial charge in [-0.25, -0.2) is 0 Å². The number of halogens is 3. The molecule has 156 valence electrons. The van der Waals surface area contributed by atoms with Gasteiger partial charge < -0.3 is 15.0 Å². The predicted octanol–water partition coefficient (Wildman–Crippen LogP) is 5.17. The lowest BCUT2D eigenvalue weighted by Crippen LogP contribution is -2.50. The summed E-state index contributed by atoms with van der Waals surface area (Å²) in [6.45, 7) is 3.10. The minimum absolute atomic E-state index is 0.0967. The van der Waals surface area contributed by atoms with Crippen molar-refractivity contribution in [3.8, 4) is 0 Å². The van der Waals surface area contributed by atoms with E-state index in [9.17, 15) is 13.2 Å². The molecule has 5 rings (SSSR count). The van der Waals surface area contributed by atoms with Crippen LogP contribution in [0.4, 0.5) is 18.9 Å². The van der Waals surface area contributed by atoms with Crippen molar-refractivity contribution in [2.24, 2.45) is 11.8 Å². The fourth-order valence-electron chi connectivity index (χ4n) is 5.25. The molecule has 3 heterocycles. The molecule has 0 amide bonds. The van der Waals surface area contributed by atoms with Gasteiger partial charge in [0.1, 0.15) is 0 Å². The Morgan fingerprint density at radius 2 is 2.00 bits per heavy atom. The molecule has 0 aromatic heterocycles. The number of fused-ring (bicyclic) bond motifs is 3. The SMILES string of the molecule is FC(F)(F)c1ccc2c(c1)[C@H]1O[C@@H](CN3CCC3)CC[C@H]1[C@H](C1C=CC=CC1)N2. The quantitative estimate of drug-likeness (QED) is 0.752. The van der Waals surface area contributed by atoms with E-state index in [1.54, 1.807) is 6.07 Å². The summed E-state index contributed by atoms with van der Waals surface area (Å²) in [6.07, 6.45) is 8.11. The summed E-state index contributed by atoms with van der Waals surface area (Å²) in [5.74, 6) is 0.512. The van der Waals surface area contributed by atoms with Gasteiger partial charge in [-0.15, -0.1) is 0 Å². The average Bonchev–Trinajstić information content (AvgIpc) is 2.69. The summed E-state index contributed by atoms with van der Waals surface area (Å²) in [7, 11) is 0. The molecule has 1 aromatic carbocycles. The second-order valence-electron chi connectivity index (χ2n) is 8.76. The number of likely N-dealkylation sites (tertiary alicyclic amines) is 1. The van der Waals surface area contributed by atoms with Crippen molar-refractivity contribution in [1.29, 1.82) is 0 Å². The molecular weight excluding hydrogens is 377 g/mol. The van der Waals surface area contributed by atoms with Crippen LogP contribution in [0.5, 0.6) is 0 Å². The third kappa shape index (κ3) is 3.73.